The molecule has 0 saturated carbocycles. The Kier molecular flexibility index (Phi) is 7.85. The molecule has 3 rings (SSSR count). The van der Waals surface area contributed by atoms with Gasteiger partial charge in [0.05, 0.1) is 10.0 Å². The maximum Gasteiger partial charge on any atom is 0.321 e. The zero-order chi connectivity index (χ0) is 21.8. The van der Waals surface area contributed by atoms with E-state index >= 15 is 0 Å². The zero-order valence-corrected chi connectivity index (χ0v) is 19.4. The van der Waals surface area contributed by atoms with Crippen LogP contribution < -0.4 is 5.32 Å². The summed E-state index contributed by atoms with van der Waals surface area (Å²) in [6.45, 7) is 12.2. The Hall–Kier alpha value is -1.54. The molecule has 3 amide bonds. The van der Waals surface area contributed by atoms with E-state index in [0.29, 0.717) is 48.0 Å². The van der Waals surface area contributed by atoms with Crippen molar-refractivity contribution in [2.75, 3.05) is 57.7 Å². The van der Waals surface area contributed by atoms with Crippen LogP contribution in [0.25, 0.3) is 0 Å². The van der Waals surface area contributed by atoms with Crippen molar-refractivity contribution in [2.45, 2.75) is 32.9 Å². The largest absolute Gasteiger partial charge is 0.338 e. The molecule has 2 aliphatic heterocycles. The third-order valence-corrected chi connectivity index (χ3v) is 6.69. The number of piperazine rings is 2. The fourth-order valence-electron chi connectivity index (χ4n) is 4.10. The van der Waals surface area contributed by atoms with Gasteiger partial charge in [-0.1, -0.05) is 30.1 Å². The lowest BCUT2D eigenvalue weighted by molar-refractivity contribution is -0.142. The van der Waals surface area contributed by atoms with Crippen LogP contribution in [0, 0.1) is 0 Å². The number of hydrogen-bond donors (Lipinski definition) is 1. The van der Waals surface area contributed by atoms with Gasteiger partial charge in [-0.05, 0) is 38.6 Å². The quantitative estimate of drug-likeness (QED) is 0.757. The molecule has 0 unspecified atom stereocenters. The van der Waals surface area contributed by atoms with Gasteiger partial charge >= 0.3 is 6.03 Å². The number of carbonyl (C=O) groups is 2. The van der Waals surface area contributed by atoms with Gasteiger partial charge in [0.1, 0.15) is 6.04 Å². The highest BCUT2D eigenvalue weighted by molar-refractivity contribution is 6.42. The molecule has 2 fully saturated rings. The van der Waals surface area contributed by atoms with E-state index in [1.807, 2.05) is 4.90 Å². The van der Waals surface area contributed by atoms with Crippen molar-refractivity contribution < 1.29 is 9.59 Å². The van der Waals surface area contributed by atoms with Crippen LogP contribution in [0.3, 0.4) is 0 Å². The number of urea groups is 1. The normalized spacial score (nSPS) is 21.2. The second-order valence-electron chi connectivity index (χ2n) is 8.11. The molecule has 2 heterocycles. The molecule has 9 heteroatoms. The van der Waals surface area contributed by atoms with Crippen molar-refractivity contribution in [3.05, 3.63) is 28.2 Å². The van der Waals surface area contributed by atoms with Crippen molar-refractivity contribution >= 4 is 40.8 Å². The molecule has 2 saturated heterocycles. The summed E-state index contributed by atoms with van der Waals surface area (Å²) < 4.78 is 0. The van der Waals surface area contributed by atoms with Crippen molar-refractivity contribution in [1.29, 1.82) is 0 Å². The van der Waals surface area contributed by atoms with Gasteiger partial charge in [0.15, 0.2) is 0 Å². The number of benzene rings is 1. The van der Waals surface area contributed by atoms with Gasteiger partial charge in [0.25, 0.3) is 0 Å². The molecule has 0 aromatic heterocycles. The summed E-state index contributed by atoms with van der Waals surface area (Å²) in [6, 6.07) is 5.02. The summed E-state index contributed by atoms with van der Waals surface area (Å²) in [6.07, 6.45) is 0. The summed E-state index contributed by atoms with van der Waals surface area (Å²) >= 11 is 11.9. The first-order valence-corrected chi connectivity index (χ1v) is 11.3. The van der Waals surface area contributed by atoms with E-state index in [2.05, 4.69) is 35.9 Å². The van der Waals surface area contributed by atoms with Gasteiger partial charge in [0.2, 0.25) is 5.91 Å². The highest BCUT2D eigenvalue weighted by Crippen LogP contribution is 2.25. The molecule has 7 nitrogen and oxygen atoms in total. The highest BCUT2D eigenvalue weighted by Gasteiger charge is 2.37. The summed E-state index contributed by atoms with van der Waals surface area (Å²) in [5.41, 5.74) is 0.599. The number of rotatable bonds is 4. The zero-order valence-electron chi connectivity index (χ0n) is 17.9. The number of nitrogens with zero attached hydrogens (tertiary/aromatic N) is 4. The number of anilines is 1. The average Bonchev–Trinajstić information content (AvgIpc) is 2.75. The predicted molar refractivity (Wildman–Crippen MR) is 121 cm³/mol. The van der Waals surface area contributed by atoms with Crippen LogP contribution in [-0.4, -0.2) is 96.0 Å². The van der Waals surface area contributed by atoms with Crippen LogP contribution in [0.15, 0.2) is 18.2 Å². The van der Waals surface area contributed by atoms with Crippen LogP contribution >= 0.6 is 23.2 Å². The first kappa shape index (κ1) is 23.1. The Bertz CT molecular complexity index is 768. The maximum atomic E-state index is 13.3. The molecule has 30 heavy (non-hydrogen) atoms. The van der Waals surface area contributed by atoms with Crippen molar-refractivity contribution in [1.82, 2.24) is 19.6 Å². The van der Waals surface area contributed by atoms with Crippen LogP contribution in [0.5, 0.6) is 0 Å². The lowest BCUT2D eigenvalue weighted by Crippen LogP contribution is -2.63. The third-order valence-electron chi connectivity index (χ3n) is 5.95. The smallest absolute Gasteiger partial charge is 0.321 e. The predicted octanol–water partition coefficient (Wildman–Crippen LogP) is 3.08. The molecule has 0 radical (unpaired) electrons. The number of nitrogens with one attached hydrogen (secondary N) is 1. The topological polar surface area (TPSA) is 59.1 Å². The number of likely N-dealkylation sites (N-methyl/N-ethyl adjacent to an activating group) is 1. The summed E-state index contributed by atoms with van der Waals surface area (Å²) in [5, 5.41) is 3.69. The van der Waals surface area contributed by atoms with Gasteiger partial charge in [-0.2, -0.15) is 0 Å². The lowest BCUT2D eigenvalue weighted by Gasteiger charge is -2.45. The average molecular weight is 456 g/mol. The second-order valence-corrected chi connectivity index (χ2v) is 8.93. The van der Waals surface area contributed by atoms with E-state index in [1.165, 1.54) is 0 Å². The number of halogens is 2. The molecule has 1 N–H and O–H groups in total. The number of amides is 3. The summed E-state index contributed by atoms with van der Waals surface area (Å²) in [7, 11) is 0. The molecule has 1 aromatic rings. The van der Waals surface area contributed by atoms with Gasteiger partial charge in [-0.15, -0.1) is 0 Å². The van der Waals surface area contributed by atoms with E-state index in [-0.39, 0.29) is 18.0 Å². The van der Waals surface area contributed by atoms with Crippen LogP contribution in [0.1, 0.15) is 20.8 Å². The molecular weight excluding hydrogens is 425 g/mol. The van der Waals surface area contributed by atoms with E-state index < -0.39 is 0 Å². The summed E-state index contributed by atoms with van der Waals surface area (Å²) in [4.78, 5) is 34.1. The minimum Gasteiger partial charge on any atom is -0.338 e. The molecule has 1 atom stereocenters. The van der Waals surface area contributed by atoms with Crippen molar-refractivity contribution in [3.63, 3.8) is 0 Å². The second kappa shape index (κ2) is 10.2. The first-order chi connectivity index (χ1) is 14.3. The fourth-order valence-corrected chi connectivity index (χ4v) is 4.39. The van der Waals surface area contributed by atoms with E-state index in [0.717, 1.165) is 26.2 Å². The Balaban J connectivity index is 1.56. The Morgan fingerprint density at radius 3 is 2.30 bits per heavy atom. The molecule has 166 valence electrons. The van der Waals surface area contributed by atoms with Gasteiger partial charge in [-0.3, -0.25) is 9.69 Å². The lowest BCUT2D eigenvalue weighted by atomic mass is 10.1. The monoisotopic (exact) mass is 455 g/mol. The molecule has 1 aromatic carbocycles. The number of carbonyl (C=O) groups excluding carboxylic acids is 2. The molecule has 0 bridgehead atoms. The minimum atomic E-state index is -0.195. The van der Waals surface area contributed by atoms with Gasteiger partial charge < -0.3 is 20.0 Å². The van der Waals surface area contributed by atoms with E-state index in [9.17, 15) is 9.59 Å². The third kappa shape index (κ3) is 5.38. The minimum absolute atomic E-state index is 0.115. The Morgan fingerprint density at radius 1 is 1.03 bits per heavy atom. The fraction of sp³-hybridized carbons (Fsp3) is 0.619. The Morgan fingerprint density at radius 2 is 1.70 bits per heavy atom. The van der Waals surface area contributed by atoms with E-state index in [4.69, 9.17) is 23.2 Å². The standard InChI is InChI=1S/C21H31Cl2N5O2/c1-4-25-7-12-28(15(2)3)19(14-25)20(29)26-8-10-27(11-9-26)21(30)24-16-5-6-17(22)18(23)13-16/h5-6,13,15,19H,4,7-12,14H2,1-3H3,(H,24,30)/t19-/m1/s1. The van der Waals surface area contributed by atoms with Crippen LogP contribution in [0.4, 0.5) is 10.5 Å². The molecule has 2 aliphatic rings. The molecule has 0 spiro atoms. The highest BCUT2D eigenvalue weighted by atomic mass is 35.5. The van der Waals surface area contributed by atoms with Crippen molar-refractivity contribution in [2.24, 2.45) is 0 Å². The molecule has 0 aliphatic carbocycles. The van der Waals surface area contributed by atoms with Crippen molar-refractivity contribution in [3.8, 4) is 0 Å². The maximum absolute atomic E-state index is 13.3. The van der Waals surface area contributed by atoms with Gasteiger partial charge in [-0.25, -0.2) is 4.79 Å². The van der Waals surface area contributed by atoms with Crippen LogP contribution in [-0.2, 0) is 4.79 Å². The number of hydrogen-bond acceptors (Lipinski definition) is 4. The SMILES string of the molecule is CCN1CCN(C(C)C)[C@@H](C(=O)N2CCN(C(=O)Nc3ccc(Cl)c(Cl)c3)CC2)C1. The Labute approximate surface area is 188 Å². The summed E-state index contributed by atoms with van der Waals surface area (Å²) in [5.74, 6) is 0.173. The first-order valence-electron chi connectivity index (χ1n) is 10.6. The van der Waals surface area contributed by atoms with Crippen LogP contribution in [0.2, 0.25) is 10.0 Å². The van der Waals surface area contributed by atoms with Gasteiger partial charge in [0, 0.05) is 57.5 Å². The van der Waals surface area contributed by atoms with E-state index in [1.54, 1.807) is 23.1 Å². The molecular formula is C21H31Cl2N5O2.